The minimum atomic E-state index is -0.442. The van der Waals surface area contributed by atoms with Gasteiger partial charge in [0.15, 0.2) is 0 Å². The number of nitro benzene ring substituents is 1. The second-order valence-corrected chi connectivity index (χ2v) is 5.62. The lowest BCUT2D eigenvalue weighted by molar-refractivity contribution is -0.385. The van der Waals surface area contributed by atoms with E-state index in [1.54, 1.807) is 13.0 Å². The maximum absolute atomic E-state index is 12.3. The van der Waals surface area contributed by atoms with Crippen molar-refractivity contribution in [2.24, 2.45) is 11.7 Å². The molecule has 0 bridgehead atoms. The lowest BCUT2D eigenvalue weighted by Gasteiger charge is -2.31. The van der Waals surface area contributed by atoms with Gasteiger partial charge in [-0.1, -0.05) is 12.8 Å². The van der Waals surface area contributed by atoms with Crippen LogP contribution >= 0.6 is 0 Å². The number of carbonyl (C=O) groups excluding carboxylic acids is 1. The van der Waals surface area contributed by atoms with Gasteiger partial charge in [0, 0.05) is 23.2 Å². The second-order valence-electron chi connectivity index (χ2n) is 5.62. The van der Waals surface area contributed by atoms with Crippen molar-refractivity contribution in [1.82, 2.24) is 5.32 Å². The van der Waals surface area contributed by atoms with Crippen LogP contribution < -0.4 is 11.1 Å². The summed E-state index contributed by atoms with van der Waals surface area (Å²) in [6, 6.07) is 4.55. The quantitative estimate of drug-likeness (QED) is 0.656. The van der Waals surface area contributed by atoms with Crippen molar-refractivity contribution in [2.75, 3.05) is 6.54 Å². The zero-order valence-electron chi connectivity index (χ0n) is 12.2. The molecule has 0 aromatic heterocycles. The van der Waals surface area contributed by atoms with Gasteiger partial charge in [0.25, 0.3) is 11.6 Å². The normalized spacial score (nSPS) is 21.8. The third-order valence-electron chi connectivity index (χ3n) is 4.18. The van der Waals surface area contributed by atoms with Gasteiger partial charge < -0.3 is 11.1 Å². The molecule has 1 aromatic rings. The van der Waals surface area contributed by atoms with E-state index in [1.807, 2.05) is 0 Å². The molecule has 114 valence electrons. The van der Waals surface area contributed by atoms with E-state index in [-0.39, 0.29) is 17.6 Å². The van der Waals surface area contributed by atoms with Crippen LogP contribution in [0.25, 0.3) is 0 Å². The number of nitro groups is 1. The van der Waals surface area contributed by atoms with Crippen molar-refractivity contribution in [1.29, 1.82) is 0 Å². The molecular formula is C15H21N3O3. The van der Waals surface area contributed by atoms with Crippen LogP contribution in [-0.4, -0.2) is 23.4 Å². The Bertz CT molecular complexity index is 545. The number of hydrogen-bond donors (Lipinski definition) is 2. The molecule has 2 unspecified atom stereocenters. The van der Waals surface area contributed by atoms with Crippen LogP contribution in [0.5, 0.6) is 0 Å². The lowest BCUT2D eigenvalue weighted by atomic mass is 9.84. The number of carbonyl (C=O) groups is 1. The Morgan fingerprint density at radius 2 is 2.14 bits per heavy atom. The fourth-order valence-corrected chi connectivity index (χ4v) is 2.93. The molecule has 21 heavy (non-hydrogen) atoms. The SMILES string of the molecule is Cc1cc(C(=O)NC2CCCCC2CN)ccc1[N+](=O)[O-]. The van der Waals surface area contributed by atoms with Crippen molar-refractivity contribution >= 4 is 11.6 Å². The number of nitrogens with one attached hydrogen (secondary N) is 1. The molecule has 0 spiro atoms. The first-order chi connectivity index (χ1) is 10.0. The first-order valence-corrected chi connectivity index (χ1v) is 7.29. The van der Waals surface area contributed by atoms with Crippen molar-refractivity contribution in [3.8, 4) is 0 Å². The molecule has 1 fully saturated rings. The summed E-state index contributed by atoms with van der Waals surface area (Å²) in [4.78, 5) is 22.6. The molecule has 2 atom stereocenters. The summed E-state index contributed by atoms with van der Waals surface area (Å²) < 4.78 is 0. The van der Waals surface area contributed by atoms with E-state index in [0.717, 1.165) is 25.7 Å². The molecule has 1 saturated carbocycles. The van der Waals surface area contributed by atoms with Crippen molar-refractivity contribution < 1.29 is 9.72 Å². The number of benzene rings is 1. The van der Waals surface area contributed by atoms with E-state index in [4.69, 9.17) is 5.73 Å². The van der Waals surface area contributed by atoms with Gasteiger partial charge in [-0.25, -0.2) is 0 Å². The number of amides is 1. The summed E-state index contributed by atoms with van der Waals surface area (Å²) in [7, 11) is 0. The number of nitrogens with zero attached hydrogens (tertiary/aromatic N) is 1. The maximum atomic E-state index is 12.3. The van der Waals surface area contributed by atoms with Crippen LogP contribution in [0, 0.1) is 23.0 Å². The van der Waals surface area contributed by atoms with Crippen LogP contribution in [0.4, 0.5) is 5.69 Å². The van der Waals surface area contributed by atoms with Gasteiger partial charge in [-0.05, 0) is 44.4 Å². The Labute approximate surface area is 123 Å². The molecule has 1 amide bonds. The highest BCUT2D eigenvalue weighted by Gasteiger charge is 2.26. The monoisotopic (exact) mass is 291 g/mol. The summed E-state index contributed by atoms with van der Waals surface area (Å²) in [6.07, 6.45) is 4.24. The number of rotatable bonds is 4. The van der Waals surface area contributed by atoms with Crippen LogP contribution in [0.1, 0.15) is 41.6 Å². The molecule has 6 nitrogen and oxygen atoms in total. The maximum Gasteiger partial charge on any atom is 0.272 e. The Balaban J connectivity index is 2.09. The van der Waals surface area contributed by atoms with E-state index >= 15 is 0 Å². The van der Waals surface area contributed by atoms with E-state index in [2.05, 4.69) is 5.32 Å². The molecule has 0 radical (unpaired) electrons. The van der Waals surface area contributed by atoms with Crippen LogP contribution in [0.15, 0.2) is 18.2 Å². The highest BCUT2D eigenvalue weighted by molar-refractivity contribution is 5.94. The number of hydrogen-bond acceptors (Lipinski definition) is 4. The molecule has 0 aliphatic heterocycles. The van der Waals surface area contributed by atoms with Crippen molar-refractivity contribution in [2.45, 2.75) is 38.6 Å². The molecule has 6 heteroatoms. The van der Waals surface area contributed by atoms with Crippen molar-refractivity contribution in [3.63, 3.8) is 0 Å². The highest BCUT2D eigenvalue weighted by atomic mass is 16.6. The lowest BCUT2D eigenvalue weighted by Crippen LogP contribution is -2.44. The van der Waals surface area contributed by atoms with Gasteiger partial charge >= 0.3 is 0 Å². The van der Waals surface area contributed by atoms with E-state index in [1.165, 1.54) is 12.1 Å². The Morgan fingerprint density at radius 3 is 2.76 bits per heavy atom. The van der Waals surface area contributed by atoms with Gasteiger partial charge in [-0.2, -0.15) is 0 Å². The molecule has 0 saturated heterocycles. The predicted octanol–water partition coefficient (Wildman–Crippen LogP) is 2.15. The van der Waals surface area contributed by atoms with Gasteiger partial charge in [0.05, 0.1) is 4.92 Å². The molecule has 1 aliphatic rings. The zero-order valence-corrected chi connectivity index (χ0v) is 12.2. The number of nitrogens with two attached hydrogens (primary N) is 1. The third kappa shape index (κ3) is 3.58. The minimum absolute atomic E-state index is 0.0315. The van der Waals surface area contributed by atoms with Gasteiger partial charge in [-0.3, -0.25) is 14.9 Å². The van der Waals surface area contributed by atoms with E-state index in [0.29, 0.717) is 23.6 Å². The zero-order chi connectivity index (χ0) is 15.4. The summed E-state index contributed by atoms with van der Waals surface area (Å²) in [5.41, 5.74) is 6.74. The minimum Gasteiger partial charge on any atom is -0.349 e. The first-order valence-electron chi connectivity index (χ1n) is 7.29. The summed E-state index contributed by atoms with van der Waals surface area (Å²) in [5, 5.41) is 13.8. The van der Waals surface area contributed by atoms with Crippen molar-refractivity contribution in [3.05, 3.63) is 39.4 Å². The largest absolute Gasteiger partial charge is 0.349 e. The molecule has 0 heterocycles. The summed E-state index contributed by atoms with van der Waals surface area (Å²) in [5.74, 6) is 0.139. The average Bonchev–Trinajstić information content (AvgIpc) is 2.47. The summed E-state index contributed by atoms with van der Waals surface area (Å²) >= 11 is 0. The average molecular weight is 291 g/mol. The fraction of sp³-hybridized carbons (Fsp3) is 0.533. The Hall–Kier alpha value is -1.95. The van der Waals surface area contributed by atoms with Crippen LogP contribution in [0.3, 0.4) is 0 Å². The highest BCUT2D eigenvalue weighted by Crippen LogP contribution is 2.24. The van der Waals surface area contributed by atoms with Crippen LogP contribution in [-0.2, 0) is 0 Å². The Kier molecular flexibility index (Phi) is 4.90. The van der Waals surface area contributed by atoms with E-state index in [9.17, 15) is 14.9 Å². The van der Waals surface area contributed by atoms with Gasteiger partial charge in [0.1, 0.15) is 0 Å². The predicted molar refractivity (Wildman–Crippen MR) is 80.1 cm³/mol. The fourth-order valence-electron chi connectivity index (χ4n) is 2.93. The number of aryl methyl sites for hydroxylation is 1. The van der Waals surface area contributed by atoms with Crippen LogP contribution in [0.2, 0.25) is 0 Å². The molecular weight excluding hydrogens is 270 g/mol. The topological polar surface area (TPSA) is 98.3 Å². The van der Waals surface area contributed by atoms with Gasteiger partial charge in [-0.15, -0.1) is 0 Å². The Morgan fingerprint density at radius 1 is 1.43 bits per heavy atom. The summed E-state index contributed by atoms with van der Waals surface area (Å²) in [6.45, 7) is 2.21. The van der Waals surface area contributed by atoms with Gasteiger partial charge in [0.2, 0.25) is 0 Å². The molecule has 1 aliphatic carbocycles. The molecule has 3 N–H and O–H groups in total. The smallest absolute Gasteiger partial charge is 0.272 e. The first kappa shape index (κ1) is 15.4. The third-order valence-corrected chi connectivity index (χ3v) is 4.18. The second kappa shape index (κ2) is 6.67. The van der Waals surface area contributed by atoms with E-state index < -0.39 is 4.92 Å². The molecule has 2 rings (SSSR count). The standard InChI is InChI=1S/C15H21N3O3/c1-10-8-11(6-7-14(10)18(20)21)15(19)17-13-5-3-2-4-12(13)9-16/h6-8,12-13H,2-5,9,16H2,1H3,(H,17,19). The molecule has 1 aromatic carbocycles.